The van der Waals surface area contributed by atoms with Gasteiger partial charge >= 0.3 is 0 Å². The second-order valence-corrected chi connectivity index (χ2v) is 3.36. The smallest absolute Gasteiger partial charge is 0.133 e. The van der Waals surface area contributed by atoms with Gasteiger partial charge in [-0.1, -0.05) is 6.07 Å². The van der Waals surface area contributed by atoms with E-state index in [-0.39, 0.29) is 12.2 Å². The Labute approximate surface area is 88.0 Å². The fourth-order valence-electron chi connectivity index (χ4n) is 1.35. The molecule has 1 atom stereocenters. The van der Waals surface area contributed by atoms with E-state index in [0.29, 0.717) is 12.2 Å². The fraction of sp³-hybridized carbons (Fsp3) is 0.455. The molecule has 1 aromatic rings. The molecule has 0 radical (unpaired) electrons. The predicted octanol–water partition coefficient (Wildman–Crippen LogP) is 2.31. The Hall–Kier alpha value is -1.00. The number of halogens is 2. The first kappa shape index (κ1) is 12.1. The Kier molecular flexibility index (Phi) is 4.17. The van der Waals surface area contributed by atoms with Gasteiger partial charge in [0.1, 0.15) is 11.6 Å². The van der Waals surface area contributed by atoms with Crippen molar-refractivity contribution in [3.8, 4) is 0 Å². The summed E-state index contributed by atoms with van der Waals surface area (Å²) in [7, 11) is 0. The lowest BCUT2D eigenvalue weighted by Crippen LogP contribution is -2.20. The number of ether oxygens (including phenoxy) is 1. The van der Waals surface area contributed by atoms with E-state index in [1.807, 2.05) is 0 Å². The molecule has 1 aromatic carbocycles. The minimum Gasteiger partial charge on any atom is -0.380 e. The summed E-state index contributed by atoms with van der Waals surface area (Å²) in [6.45, 7) is 3.97. The van der Waals surface area contributed by atoms with Crippen LogP contribution in [0, 0.1) is 18.6 Å². The normalized spacial score (nSPS) is 12.9. The van der Waals surface area contributed by atoms with Gasteiger partial charge in [0.25, 0.3) is 0 Å². The Morgan fingerprint density at radius 2 is 2.07 bits per heavy atom. The molecule has 0 aliphatic carbocycles. The van der Waals surface area contributed by atoms with Gasteiger partial charge < -0.3 is 10.5 Å². The summed E-state index contributed by atoms with van der Waals surface area (Å²) in [4.78, 5) is 0. The largest absolute Gasteiger partial charge is 0.380 e. The third-order valence-corrected chi connectivity index (χ3v) is 2.19. The molecule has 0 aliphatic heterocycles. The number of hydrogen-bond donors (Lipinski definition) is 1. The van der Waals surface area contributed by atoms with Crippen LogP contribution in [-0.4, -0.2) is 13.2 Å². The minimum atomic E-state index is -0.759. The molecule has 1 unspecified atom stereocenters. The molecule has 0 amide bonds. The van der Waals surface area contributed by atoms with E-state index in [9.17, 15) is 8.78 Å². The summed E-state index contributed by atoms with van der Waals surface area (Å²) < 4.78 is 31.9. The number of rotatable bonds is 4. The summed E-state index contributed by atoms with van der Waals surface area (Å²) in [5.74, 6) is -1.20. The number of nitrogens with two attached hydrogens (primary N) is 1. The van der Waals surface area contributed by atoms with Gasteiger partial charge in [0, 0.05) is 12.2 Å². The monoisotopic (exact) mass is 215 g/mol. The maximum atomic E-state index is 13.6. The van der Waals surface area contributed by atoms with Gasteiger partial charge in [0.15, 0.2) is 0 Å². The highest BCUT2D eigenvalue weighted by Crippen LogP contribution is 2.21. The summed E-state index contributed by atoms with van der Waals surface area (Å²) in [6.07, 6.45) is 0. The second kappa shape index (κ2) is 5.19. The van der Waals surface area contributed by atoms with Crippen LogP contribution in [0.15, 0.2) is 12.1 Å². The van der Waals surface area contributed by atoms with Crippen LogP contribution in [0.25, 0.3) is 0 Å². The highest BCUT2D eigenvalue weighted by molar-refractivity contribution is 5.29. The molecule has 0 aromatic heterocycles. The van der Waals surface area contributed by atoms with Crippen molar-refractivity contribution in [3.05, 3.63) is 34.9 Å². The topological polar surface area (TPSA) is 35.2 Å². The highest BCUT2D eigenvalue weighted by atomic mass is 19.1. The summed E-state index contributed by atoms with van der Waals surface area (Å²) in [5.41, 5.74) is 5.94. The third-order valence-electron chi connectivity index (χ3n) is 2.19. The summed E-state index contributed by atoms with van der Waals surface area (Å²) in [6, 6.07) is 1.85. The minimum absolute atomic E-state index is 0.0940. The van der Waals surface area contributed by atoms with Gasteiger partial charge in [-0.2, -0.15) is 0 Å². The zero-order chi connectivity index (χ0) is 11.4. The average Bonchev–Trinajstić information content (AvgIpc) is 2.21. The molecule has 0 saturated heterocycles. The van der Waals surface area contributed by atoms with Gasteiger partial charge in [-0.25, -0.2) is 8.78 Å². The van der Waals surface area contributed by atoms with Crippen molar-refractivity contribution in [1.82, 2.24) is 0 Å². The molecule has 15 heavy (non-hydrogen) atoms. The van der Waals surface area contributed by atoms with Crippen LogP contribution in [0.2, 0.25) is 0 Å². The Bertz CT molecular complexity index is 342. The molecule has 0 saturated carbocycles. The van der Waals surface area contributed by atoms with Crippen molar-refractivity contribution >= 4 is 0 Å². The van der Waals surface area contributed by atoms with E-state index in [2.05, 4.69) is 0 Å². The molecule has 0 fully saturated rings. The predicted molar refractivity (Wildman–Crippen MR) is 54.5 cm³/mol. The summed E-state index contributed by atoms with van der Waals surface area (Å²) >= 11 is 0. The highest BCUT2D eigenvalue weighted by Gasteiger charge is 2.18. The first-order chi connectivity index (χ1) is 7.07. The van der Waals surface area contributed by atoms with Crippen molar-refractivity contribution in [2.24, 2.45) is 5.73 Å². The molecule has 2 nitrogen and oxygen atoms in total. The van der Waals surface area contributed by atoms with Crippen LogP contribution in [-0.2, 0) is 4.74 Å². The molecule has 0 aliphatic rings. The van der Waals surface area contributed by atoms with E-state index in [0.717, 1.165) is 0 Å². The van der Waals surface area contributed by atoms with Gasteiger partial charge in [-0.15, -0.1) is 0 Å². The zero-order valence-corrected chi connectivity index (χ0v) is 8.89. The third kappa shape index (κ3) is 2.73. The lowest BCUT2D eigenvalue weighted by Gasteiger charge is -2.14. The van der Waals surface area contributed by atoms with Gasteiger partial charge in [0.2, 0.25) is 0 Å². The Morgan fingerprint density at radius 3 is 2.67 bits per heavy atom. The zero-order valence-electron chi connectivity index (χ0n) is 8.89. The lowest BCUT2D eigenvalue weighted by molar-refractivity contribution is 0.131. The lowest BCUT2D eigenvalue weighted by atomic mass is 10.0. The SMILES string of the molecule is CCOCC(N)c1c(F)ccc(C)c1F. The molecule has 1 rings (SSSR count). The van der Waals surface area contributed by atoms with Gasteiger partial charge in [0.05, 0.1) is 12.6 Å². The number of hydrogen-bond acceptors (Lipinski definition) is 2. The average molecular weight is 215 g/mol. The van der Waals surface area contributed by atoms with Crippen molar-refractivity contribution in [3.63, 3.8) is 0 Å². The Morgan fingerprint density at radius 1 is 1.40 bits per heavy atom. The van der Waals surface area contributed by atoms with Crippen LogP contribution in [0.1, 0.15) is 24.1 Å². The molecule has 0 spiro atoms. The van der Waals surface area contributed by atoms with E-state index >= 15 is 0 Å². The second-order valence-electron chi connectivity index (χ2n) is 3.36. The van der Waals surface area contributed by atoms with Crippen molar-refractivity contribution in [2.75, 3.05) is 13.2 Å². The van der Waals surface area contributed by atoms with Crippen LogP contribution in [0.5, 0.6) is 0 Å². The van der Waals surface area contributed by atoms with E-state index < -0.39 is 17.7 Å². The molecule has 0 bridgehead atoms. The van der Waals surface area contributed by atoms with Crippen molar-refractivity contribution in [2.45, 2.75) is 19.9 Å². The van der Waals surface area contributed by atoms with E-state index in [4.69, 9.17) is 10.5 Å². The molecule has 0 heterocycles. The van der Waals surface area contributed by atoms with E-state index in [1.165, 1.54) is 12.1 Å². The van der Waals surface area contributed by atoms with Crippen LogP contribution < -0.4 is 5.73 Å². The maximum absolute atomic E-state index is 13.6. The first-order valence-electron chi connectivity index (χ1n) is 4.85. The number of aryl methyl sites for hydroxylation is 1. The molecule has 84 valence electrons. The van der Waals surface area contributed by atoms with Gasteiger partial charge in [-0.05, 0) is 25.5 Å². The maximum Gasteiger partial charge on any atom is 0.133 e. The van der Waals surface area contributed by atoms with Gasteiger partial charge in [-0.3, -0.25) is 0 Å². The van der Waals surface area contributed by atoms with Crippen molar-refractivity contribution in [1.29, 1.82) is 0 Å². The molecule has 2 N–H and O–H groups in total. The Balaban J connectivity index is 2.96. The molecule has 4 heteroatoms. The van der Waals surface area contributed by atoms with E-state index in [1.54, 1.807) is 13.8 Å². The van der Waals surface area contributed by atoms with Crippen molar-refractivity contribution < 1.29 is 13.5 Å². The van der Waals surface area contributed by atoms with Crippen LogP contribution in [0.4, 0.5) is 8.78 Å². The molecular formula is C11H15F2NO. The standard InChI is InChI=1S/C11H15F2NO/c1-3-15-6-9(14)10-8(12)5-4-7(2)11(10)13/h4-5,9H,3,6,14H2,1-2H3. The summed E-state index contributed by atoms with van der Waals surface area (Å²) in [5, 5.41) is 0. The fourth-order valence-corrected chi connectivity index (χ4v) is 1.35. The molecular weight excluding hydrogens is 200 g/mol. The van der Waals surface area contributed by atoms with Crippen LogP contribution in [0.3, 0.4) is 0 Å². The first-order valence-corrected chi connectivity index (χ1v) is 4.85. The quantitative estimate of drug-likeness (QED) is 0.836. The van der Waals surface area contributed by atoms with Crippen LogP contribution >= 0.6 is 0 Å². The number of benzene rings is 1.